The van der Waals surface area contributed by atoms with Crippen LogP contribution in [0.5, 0.6) is 17.2 Å². The van der Waals surface area contributed by atoms with Crippen LogP contribution in [-0.2, 0) is 6.61 Å². The van der Waals surface area contributed by atoms with E-state index in [0.29, 0.717) is 17.2 Å². The van der Waals surface area contributed by atoms with Crippen molar-refractivity contribution in [2.24, 2.45) is 5.73 Å². The maximum atomic E-state index is 9.16. The molecule has 0 bridgehead atoms. The molecule has 0 aliphatic carbocycles. The molecule has 1 atom stereocenters. The fourth-order valence-electron chi connectivity index (χ4n) is 2.07. The van der Waals surface area contributed by atoms with Crippen LogP contribution in [0.1, 0.15) is 24.1 Å². The van der Waals surface area contributed by atoms with E-state index in [4.69, 9.17) is 20.3 Å². The van der Waals surface area contributed by atoms with Crippen LogP contribution in [0.2, 0.25) is 0 Å². The fourth-order valence-corrected chi connectivity index (χ4v) is 2.07. The zero-order chi connectivity index (χ0) is 14.5. The Labute approximate surface area is 118 Å². The van der Waals surface area contributed by atoms with Gasteiger partial charge in [0.1, 0.15) is 17.2 Å². The maximum absolute atomic E-state index is 9.16. The van der Waals surface area contributed by atoms with Gasteiger partial charge in [0, 0.05) is 6.04 Å². The molecule has 4 nitrogen and oxygen atoms in total. The van der Waals surface area contributed by atoms with Gasteiger partial charge in [-0.05, 0) is 36.8 Å². The van der Waals surface area contributed by atoms with Gasteiger partial charge in [-0.1, -0.05) is 18.2 Å². The lowest BCUT2D eigenvalue weighted by atomic mass is 10.1. The number of aliphatic hydroxyl groups is 1. The van der Waals surface area contributed by atoms with Gasteiger partial charge in [-0.2, -0.15) is 0 Å². The largest absolute Gasteiger partial charge is 0.496 e. The summed E-state index contributed by atoms with van der Waals surface area (Å²) in [6.07, 6.45) is 0. The molecule has 0 unspecified atom stereocenters. The number of hydrogen-bond acceptors (Lipinski definition) is 4. The van der Waals surface area contributed by atoms with E-state index < -0.39 is 0 Å². The number of methoxy groups -OCH3 is 1. The molecule has 0 spiro atoms. The van der Waals surface area contributed by atoms with Gasteiger partial charge in [0.25, 0.3) is 0 Å². The minimum atomic E-state index is -0.206. The van der Waals surface area contributed by atoms with Crippen molar-refractivity contribution in [2.45, 2.75) is 19.6 Å². The fraction of sp³-hybridized carbons (Fsp3) is 0.250. The van der Waals surface area contributed by atoms with Gasteiger partial charge in [-0.25, -0.2) is 0 Å². The molecule has 0 heterocycles. The summed E-state index contributed by atoms with van der Waals surface area (Å²) >= 11 is 0. The Morgan fingerprint density at radius 1 is 1.15 bits per heavy atom. The Bertz CT molecular complexity index is 582. The van der Waals surface area contributed by atoms with Gasteiger partial charge in [0.2, 0.25) is 0 Å². The van der Waals surface area contributed by atoms with Gasteiger partial charge >= 0.3 is 0 Å². The zero-order valence-corrected chi connectivity index (χ0v) is 11.7. The Morgan fingerprint density at radius 3 is 2.50 bits per heavy atom. The molecule has 2 rings (SSSR count). The van der Waals surface area contributed by atoms with Gasteiger partial charge in [0.15, 0.2) is 0 Å². The van der Waals surface area contributed by atoms with E-state index >= 15 is 0 Å². The highest BCUT2D eigenvalue weighted by atomic mass is 16.5. The summed E-state index contributed by atoms with van der Waals surface area (Å²) in [6, 6.07) is 12.7. The van der Waals surface area contributed by atoms with E-state index in [9.17, 15) is 0 Å². The van der Waals surface area contributed by atoms with Gasteiger partial charge in [-0.15, -0.1) is 0 Å². The molecule has 3 N–H and O–H groups in total. The van der Waals surface area contributed by atoms with Gasteiger partial charge in [0.05, 0.1) is 19.3 Å². The molecule has 2 aromatic rings. The highest BCUT2D eigenvalue weighted by Crippen LogP contribution is 2.35. The van der Waals surface area contributed by atoms with Crippen LogP contribution >= 0.6 is 0 Å². The normalized spacial score (nSPS) is 12.0. The highest BCUT2D eigenvalue weighted by molar-refractivity contribution is 5.48. The quantitative estimate of drug-likeness (QED) is 0.879. The molecule has 0 aliphatic heterocycles. The number of benzene rings is 2. The Balaban J connectivity index is 2.37. The summed E-state index contributed by atoms with van der Waals surface area (Å²) in [6.45, 7) is 1.87. The van der Waals surface area contributed by atoms with Crippen molar-refractivity contribution in [2.75, 3.05) is 7.11 Å². The Morgan fingerprint density at radius 2 is 1.85 bits per heavy atom. The van der Waals surface area contributed by atoms with E-state index in [-0.39, 0.29) is 12.6 Å². The standard InChI is InChI=1S/C16H19NO3/c1-11(17)16-14(19-2)7-4-8-15(16)20-13-6-3-5-12(9-13)10-18/h3-9,11,18H,10,17H2,1-2H3/t11-/m0/s1. The topological polar surface area (TPSA) is 64.7 Å². The second-order valence-electron chi connectivity index (χ2n) is 4.57. The monoisotopic (exact) mass is 273 g/mol. The van der Waals surface area contributed by atoms with Crippen molar-refractivity contribution < 1.29 is 14.6 Å². The second-order valence-corrected chi connectivity index (χ2v) is 4.57. The van der Waals surface area contributed by atoms with Crippen molar-refractivity contribution in [3.05, 3.63) is 53.6 Å². The first-order valence-corrected chi connectivity index (χ1v) is 6.46. The summed E-state index contributed by atoms with van der Waals surface area (Å²) in [7, 11) is 1.61. The third kappa shape index (κ3) is 3.10. The number of aliphatic hydroxyl groups excluding tert-OH is 1. The van der Waals surface area contributed by atoms with Crippen molar-refractivity contribution in [1.82, 2.24) is 0 Å². The smallest absolute Gasteiger partial charge is 0.135 e. The predicted octanol–water partition coefficient (Wildman–Crippen LogP) is 3.00. The van der Waals surface area contributed by atoms with Crippen LogP contribution < -0.4 is 15.2 Å². The summed E-state index contributed by atoms with van der Waals surface area (Å²) in [5.74, 6) is 2.02. The average Bonchev–Trinajstić information content (AvgIpc) is 2.46. The molecule has 0 radical (unpaired) electrons. The number of ether oxygens (including phenoxy) is 2. The molecule has 0 fully saturated rings. The third-order valence-electron chi connectivity index (χ3n) is 3.01. The first-order chi connectivity index (χ1) is 9.65. The van der Waals surface area contributed by atoms with Crippen LogP contribution in [0.4, 0.5) is 0 Å². The van der Waals surface area contributed by atoms with E-state index in [2.05, 4.69) is 0 Å². The summed E-state index contributed by atoms with van der Waals surface area (Å²) in [5, 5.41) is 9.16. The van der Waals surface area contributed by atoms with Crippen LogP contribution in [0, 0.1) is 0 Å². The molecule has 0 saturated heterocycles. The molecule has 0 aliphatic rings. The van der Waals surface area contributed by atoms with E-state index in [0.717, 1.165) is 11.1 Å². The van der Waals surface area contributed by atoms with Gasteiger partial charge in [-0.3, -0.25) is 0 Å². The zero-order valence-electron chi connectivity index (χ0n) is 11.7. The molecule has 0 saturated carbocycles. The molecule has 4 heteroatoms. The van der Waals surface area contributed by atoms with Crippen molar-refractivity contribution in [3.63, 3.8) is 0 Å². The van der Waals surface area contributed by atoms with Crippen LogP contribution in [0.3, 0.4) is 0 Å². The average molecular weight is 273 g/mol. The second kappa shape index (κ2) is 6.41. The Hall–Kier alpha value is -2.04. The van der Waals surface area contributed by atoms with Crippen LogP contribution in [-0.4, -0.2) is 12.2 Å². The van der Waals surface area contributed by atoms with Crippen molar-refractivity contribution >= 4 is 0 Å². The third-order valence-corrected chi connectivity index (χ3v) is 3.01. The lowest BCUT2D eigenvalue weighted by Gasteiger charge is -2.17. The van der Waals surface area contributed by atoms with Crippen molar-refractivity contribution in [3.8, 4) is 17.2 Å². The lowest BCUT2D eigenvalue weighted by molar-refractivity contribution is 0.281. The summed E-state index contributed by atoms with van der Waals surface area (Å²) < 4.78 is 11.2. The molecule has 2 aromatic carbocycles. The molecular weight excluding hydrogens is 254 g/mol. The number of rotatable bonds is 5. The molecular formula is C16H19NO3. The molecule has 0 amide bonds. The minimum Gasteiger partial charge on any atom is -0.496 e. The maximum Gasteiger partial charge on any atom is 0.135 e. The van der Waals surface area contributed by atoms with E-state index in [1.165, 1.54) is 0 Å². The van der Waals surface area contributed by atoms with E-state index in [1.54, 1.807) is 13.2 Å². The van der Waals surface area contributed by atoms with Crippen molar-refractivity contribution in [1.29, 1.82) is 0 Å². The lowest BCUT2D eigenvalue weighted by Crippen LogP contribution is -2.08. The van der Waals surface area contributed by atoms with E-state index in [1.807, 2.05) is 43.3 Å². The molecule has 0 aromatic heterocycles. The molecule has 106 valence electrons. The summed E-state index contributed by atoms with van der Waals surface area (Å²) in [5.41, 5.74) is 7.62. The Kier molecular flexibility index (Phi) is 4.61. The minimum absolute atomic E-state index is 0.0184. The predicted molar refractivity (Wildman–Crippen MR) is 78.0 cm³/mol. The van der Waals surface area contributed by atoms with Crippen LogP contribution in [0.15, 0.2) is 42.5 Å². The SMILES string of the molecule is COc1cccc(Oc2cccc(CO)c2)c1[C@H](C)N. The first-order valence-electron chi connectivity index (χ1n) is 6.46. The molecule has 20 heavy (non-hydrogen) atoms. The number of hydrogen-bond donors (Lipinski definition) is 2. The van der Waals surface area contributed by atoms with Crippen LogP contribution in [0.25, 0.3) is 0 Å². The first kappa shape index (κ1) is 14.4. The number of nitrogens with two attached hydrogens (primary N) is 1. The van der Waals surface area contributed by atoms with Gasteiger partial charge < -0.3 is 20.3 Å². The highest BCUT2D eigenvalue weighted by Gasteiger charge is 2.14. The summed E-state index contributed by atoms with van der Waals surface area (Å²) in [4.78, 5) is 0.